The Morgan fingerprint density at radius 1 is 1.00 bits per heavy atom. The van der Waals surface area contributed by atoms with E-state index in [0.717, 1.165) is 37.7 Å². The smallest absolute Gasteiger partial charge is 0.129 e. The molecule has 0 bridgehead atoms. The number of unbranched alkanes of at least 4 members (excludes halogenated alkanes) is 2. The van der Waals surface area contributed by atoms with Crippen molar-refractivity contribution >= 4 is 8.07 Å². The maximum Gasteiger partial charge on any atom is 0.129 e. The number of benzene rings is 1. The molecule has 1 N–H and O–H groups in total. The summed E-state index contributed by atoms with van der Waals surface area (Å²) in [5.74, 6) is 3.44. The molecule has 0 aromatic heterocycles. The second-order valence-electron chi connectivity index (χ2n) is 7.88. The lowest BCUT2D eigenvalue weighted by Gasteiger charge is -2.20. The lowest BCUT2D eigenvalue weighted by atomic mass is 9.89. The van der Waals surface area contributed by atoms with Crippen molar-refractivity contribution in [1.82, 2.24) is 0 Å². The first-order valence-electron chi connectivity index (χ1n) is 9.82. The highest BCUT2D eigenvalue weighted by Gasteiger charge is 2.17. The maximum absolute atomic E-state index is 11.0. The van der Waals surface area contributed by atoms with Crippen molar-refractivity contribution in [2.45, 2.75) is 84.5 Å². The lowest BCUT2D eigenvalue weighted by Crippen LogP contribution is -2.16. The third-order valence-electron chi connectivity index (χ3n) is 4.30. The largest absolute Gasteiger partial charge is 0.384 e. The van der Waals surface area contributed by atoms with Crippen LogP contribution in [-0.4, -0.2) is 13.2 Å². The van der Waals surface area contributed by atoms with Gasteiger partial charge in [0.2, 0.25) is 0 Å². The van der Waals surface area contributed by atoms with E-state index in [-0.39, 0.29) is 0 Å². The topological polar surface area (TPSA) is 20.2 Å². The molecular formula is C23H36OSi. The van der Waals surface area contributed by atoms with Gasteiger partial charge in [0.25, 0.3) is 0 Å². The SMILES string of the molecule is CCCC/C(CC#C[Si](C)(C)C)=C(\CCCC)C(O)c1ccccc1. The summed E-state index contributed by atoms with van der Waals surface area (Å²) in [4.78, 5) is 0. The lowest BCUT2D eigenvalue weighted by molar-refractivity contribution is 0.208. The van der Waals surface area contributed by atoms with Crippen molar-refractivity contribution in [3.8, 4) is 11.5 Å². The molecular weight excluding hydrogens is 320 g/mol. The summed E-state index contributed by atoms with van der Waals surface area (Å²) in [6.45, 7) is 11.3. The summed E-state index contributed by atoms with van der Waals surface area (Å²) in [5.41, 5.74) is 7.08. The van der Waals surface area contributed by atoms with Crippen LogP contribution in [0.3, 0.4) is 0 Å². The van der Waals surface area contributed by atoms with E-state index in [1.165, 1.54) is 24.0 Å². The fourth-order valence-electron chi connectivity index (χ4n) is 2.88. The van der Waals surface area contributed by atoms with E-state index in [1.807, 2.05) is 30.3 Å². The zero-order valence-electron chi connectivity index (χ0n) is 16.9. The molecule has 0 spiro atoms. The molecule has 25 heavy (non-hydrogen) atoms. The third kappa shape index (κ3) is 8.56. The Kier molecular flexibility index (Phi) is 9.86. The molecule has 1 rings (SSSR count). The normalized spacial score (nSPS) is 13.7. The van der Waals surface area contributed by atoms with Crippen LogP contribution < -0.4 is 0 Å². The highest BCUT2D eigenvalue weighted by molar-refractivity contribution is 6.83. The monoisotopic (exact) mass is 356 g/mol. The van der Waals surface area contributed by atoms with E-state index in [2.05, 4.69) is 45.0 Å². The van der Waals surface area contributed by atoms with Gasteiger partial charge in [-0.15, -0.1) is 11.5 Å². The van der Waals surface area contributed by atoms with Gasteiger partial charge >= 0.3 is 0 Å². The van der Waals surface area contributed by atoms with Crippen molar-refractivity contribution in [2.75, 3.05) is 0 Å². The van der Waals surface area contributed by atoms with E-state index in [9.17, 15) is 5.11 Å². The minimum Gasteiger partial charge on any atom is -0.384 e. The Bertz CT molecular complexity index is 584. The van der Waals surface area contributed by atoms with Crippen molar-refractivity contribution in [1.29, 1.82) is 0 Å². The fraction of sp³-hybridized carbons (Fsp3) is 0.565. The molecule has 0 aliphatic rings. The molecule has 0 heterocycles. The number of hydrogen-bond donors (Lipinski definition) is 1. The summed E-state index contributed by atoms with van der Waals surface area (Å²) in [5, 5.41) is 11.0. The molecule has 138 valence electrons. The number of rotatable bonds is 9. The highest BCUT2D eigenvalue weighted by Crippen LogP contribution is 2.31. The van der Waals surface area contributed by atoms with E-state index >= 15 is 0 Å². The Hall–Kier alpha value is -1.30. The summed E-state index contributed by atoms with van der Waals surface area (Å²) in [6.07, 6.45) is 6.96. The summed E-state index contributed by atoms with van der Waals surface area (Å²) in [6, 6.07) is 10.1. The van der Waals surface area contributed by atoms with E-state index in [4.69, 9.17) is 0 Å². The predicted octanol–water partition coefficient (Wildman–Crippen LogP) is 6.67. The van der Waals surface area contributed by atoms with E-state index in [0.29, 0.717) is 0 Å². The molecule has 0 saturated heterocycles. The van der Waals surface area contributed by atoms with E-state index in [1.54, 1.807) is 0 Å². The standard InChI is InChI=1S/C23H36OSi/c1-6-8-14-20(17-13-19-25(3,4)5)22(18-9-7-2)23(24)21-15-11-10-12-16-21/h10-12,15-16,23-24H,6-9,14,17-18H2,1-5H3/b22-20-. The van der Waals surface area contributed by atoms with Gasteiger partial charge < -0.3 is 5.11 Å². The quantitative estimate of drug-likeness (QED) is 0.298. The molecule has 1 aromatic rings. The predicted molar refractivity (Wildman–Crippen MR) is 113 cm³/mol. The molecule has 1 unspecified atom stereocenters. The average Bonchev–Trinajstić information content (AvgIpc) is 2.58. The van der Waals surface area contributed by atoms with Gasteiger partial charge in [0, 0.05) is 6.42 Å². The van der Waals surface area contributed by atoms with Gasteiger partial charge in [-0.05, 0) is 36.8 Å². The minimum atomic E-state index is -1.35. The third-order valence-corrected chi connectivity index (χ3v) is 5.22. The van der Waals surface area contributed by atoms with E-state index < -0.39 is 14.2 Å². The molecule has 0 saturated carbocycles. The van der Waals surface area contributed by atoms with Crippen LogP contribution in [0.5, 0.6) is 0 Å². The molecule has 1 atom stereocenters. The number of aliphatic hydroxyl groups is 1. The van der Waals surface area contributed by atoms with Gasteiger partial charge in [-0.2, -0.15) is 0 Å². The molecule has 0 aliphatic carbocycles. The Balaban J connectivity index is 3.18. The van der Waals surface area contributed by atoms with Crippen LogP contribution in [0.1, 0.15) is 70.5 Å². The van der Waals surface area contributed by atoms with Crippen LogP contribution in [0, 0.1) is 11.5 Å². The summed E-state index contributed by atoms with van der Waals surface area (Å²) >= 11 is 0. The number of hydrogen-bond acceptors (Lipinski definition) is 1. The van der Waals surface area contributed by atoms with Gasteiger partial charge in [-0.3, -0.25) is 0 Å². The van der Waals surface area contributed by atoms with Crippen molar-refractivity contribution in [3.63, 3.8) is 0 Å². The van der Waals surface area contributed by atoms with Crippen LogP contribution in [0.15, 0.2) is 41.5 Å². The number of aliphatic hydroxyl groups excluding tert-OH is 1. The van der Waals surface area contributed by atoms with Crippen LogP contribution in [0.25, 0.3) is 0 Å². The number of allylic oxidation sites excluding steroid dienone is 1. The molecule has 0 amide bonds. The molecule has 2 heteroatoms. The van der Waals surface area contributed by atoms with Crippen LogP contribution >= 0.6 is 0 Å². The first kappa shape index (κ1) is 21.7. The van der Waals surface area contributed by atoms with Crippen LogP contribution in [0.2, 0.25) is 19.6 Å². The molecule has 1 aromatic carbocycles. The summed E-state index contributed by atoms with van der Waals surface area (Å²) < 4.78 is 0. The molecule has 0 fully saturated rings. The first-order valence-corrected chi connectivity index (χ1v) is 13.3. The van der Waals surface area contributed by atoms with Crippen LogP contribution in [0.4, 0.5) is 0 Å². The van der Waals surface area contributed by atoms with Crippen molar-refractivity contribution in [3.05, 3.63) is 47.0 Å². The Morgan fingerprint density at radius 2 is 1.60 bits per heavy atom. The van der Waals surface area contributed by atoms with Gasteiger partial charge in [-0.25, -0.2) is 0 Å². The van der Waals surface area contributed by atoms with Crippen LogP contribution in [-0.2, 0) is 0 Å². The minimum absolute atomic E-state index is 0.492. The zero-order chi connectivity index (χ0) is 18.7. The Morgan fingerprint density at radius 3 is 2.16 bits per heavy atom. The molecule has 1 nitrogen and oxygen atoms in total. The molecule has 0 radical (unpaired) electrons. The van der Waals surface area contributed by atoms with Gasteiger partial charge in [0.1, 0.15) is 14.2 Å². The van der Waals surface area contributed by atoms with Gasteiger partial charge in [-0.1, -0.05) is 82.2 Å². The summed E-state index contributed by atoms with van der Waals surface area (Å²) in [7, 11) is -1.35. The van der Waals surface area contributed by atoms with Crippen molar-refractivity contribution in [2.24, 2.45) is 0 Å². The van der Waals surface area contributed by atoms with Crippen molar-refractivity contribution < 1.29 is 5.11 Å². The Labute approximate surface area is 156 Å². The second kappa shape index (κ2) is 11.3. The zero-order valence-corrected chi connectivity index (χ0v) is 17.9. The van der Waals surface area contributed by atoms with Gasteiger partial charge in [0.05, 0.1) is 0 Å². The second-order valence-corrected chi connectivity index (χ2v) is 12.6. The highest BCUT2D eigenvalue weighted by atomic mass is 28.3. The average molecular weight is 357 g/mol. The maximum atomic E-state index is 11.0. The first-order chi connectivity index (χ1) is 11.9. The molecule has 0 aliphatic heterocycles. The van der Waals surface area contributed by atoms with Gasteiger partial charge in [0.15, 0.2) is 0 Å². The fourth-order valence-corrected chi connectivity index (χ4v) is 3.50.